The third-order valence-electron chi connectivity index (χ3n) is 10.7. The van der Waals surface area contributed by atoms with Gasteiger partial charge in [-0.2, -0.15) is 11.8 Å². The summed E-state index contributed by atoms with van der Waals surface area (Å²) in [4.78, 5) is 38.3. The van der Waals surface area contributed by atoms with Crippen LogP contribution in [0.4, 0.5) is 5.82 Å². The van der Waals surface area contributed by atoms with Crippen molar-refractivity contribution in [1.29, 1.82) is 0 Å². The number of aromatic nitrogens is 3. The smallest absolute Gasteiger partial charge is 0.306 e. The standard InChI is InChI=1S/C43H79N5O9S/c1-3-5-7-9-11-13-15-17-19-21-23-25-27-38(50)55-31-34(56-39(51)28-26-24-22-20-18-16-14-12-10-8-6-4-2)32-58-33-35(44)42(54)45-37-29-48(47-46-37)43-41(53)40(52)36(30-49)57-43/h29,34-36,40-41,43,49,52-53H,3-28,30-33,44H2,1-2H3,(H,45,54)/t34-,35-,36?,40-,41-,43+/m1/s1. The number of nitrogens with one attached hydrogen (secondary N) is 1. The van der Waals surface area contributed by atoms with Crippen LogP contribution < -0.4 is 11.1 Å². The topological polar surface area (TPSA) is 208 Å². The Hall–Kier alpha value is -2.30. The number of thioether (sulfide) groups is 1. The van der Waals surface area contributed by atoms with E-state index in [1.807, 2.05) is 0 Å². The van der Waals surface area contributed by atoms with Crippen molar-refractivity contribution in [3.63, 3.8) is 0 Å². The quantitative estimate of drug-likeness (QED) is 0.0325. The Kier molecular flexibility index (Phi) is 29.9. The maximum atomic E-state index is 12.8. The monoisotopic (exact) mass is 842 g/mol. The summed E-state index contributed by atoms with van der Waals surface area (Å²) in [5.74, 6) is -0.621. The molecule has 1 aliphatic heterocycles. The first-order valence-corrected chi connectivity index (χ1v) is 23.9. The van der Waals surface area contributed by atoms with E-state index in [0.717, 1.165) is 43.2 Å². The maximum absolute atomic E-state index is 12.8. The summed E-state index contributed by atoms with van der Waals surface area (Å²) in [7, 11) is 0. The van der Waals surface area contributed by atoms with Gasteiger partial charge in [0, 0.05) is 24.3 Å². The molecule has 0 bridgehead atoms. The Morgan fingerprint density at radius 1 is 0.759 bits per heavy atom. The van der Waals surface area contributed by atoms with Crippen LogP contribution in [-0.2, 0) is 28.6 Å². The van der Waals surface area contributed by atoms with Gasteiger partial charge >= 0.3 is 11.9 Å². The van der Waals surface area contributed by atoms with E-state index >= 15 is 0 Å². The van der Waals surface area contributed by atoms with Gasteiger partial charge in [-0.15, -0.1) is 5.10 Å². The first-order valence-electron chi connectivity index (χ1n) is 22.7. The molecule has 1 fully saturated rings. The molecule has 1 aromatic heterocycles. The normalized spacial score (nSPS) is 18.9. The molecule has 6 atom stereocenters. The minimum absolute atomic E-state index is 0.0558. The molecule has 0 aliphatic carbocycles. The zero-order valence-electron chi connectivity index (χ0n) is 35.9. The van der Waals surface area contributed by atoms with Crippen molar-refractivity contribution in [1.82, 2.24) is 15.0 Å². The van der Waals surface area contributed by atoms with Crippen molar-refractivity contribution in [2.45, 2.75) is 217 Å². The molecule has 1 unspecified atom stereocenters. The lowest BCUT2D eigenvalue weighted by Crippen LogP contribution is -2.38. The Morgan fingerprint density at radius 2 is 1.24 bits per heavy atom. The third kappa shape index (κ3) is 23.5. The van der Waals surface area contributed by atoms with E-state index in [4.69, 9.17) is 19.9 Å². The first-order chi connectivity index (χ1) is 28.2. The van der Waals surface area contributed by atoms with E-state index in [2.05, 4.69) is 29.5 Å². The van der Waals surface area contributed by atoms with Crippen molar-refractivity contribution >= 4 is 35.4 Å². The number of aliphatic hydroxyl groups is 3. The lowest BCUT2D eigenvalue weighted by Gasteiger charge is -2.19. The molecule has 58 heavy (non-hydrogen) atoms. The van der Waals surface area contributed by atoms with E-state index in [9.17, 15) is 29.7 Å². The molecule has 15 heteroatoms. The van der Waals surface area contributed by atoms with Crippen molar-refractivity contribution in [3.05, 3.63) is 6.20 Å². The molecule has 1 aromatic rings. The predicted molar refractivity (Wildman–Crippen MR) is 229 cm³/mol. The molecule has 0 radical (unpaired) electrons. The number of anilines is 1. The molecular formula is C43H79N5O9S. The Bertz CT molecular complexity index is 1210. The van der Waals surface area contributed by atoms with Crippen molar-refractivity contribution in [2.24, 2.45) is 5.73 Å². The van der Waals surface area contributed by atoms with Crippen molar-refractivity contribution < 1.29 is 43.9 Å². The fraction of sp³-hybridized carbons (Fsp3) is 0.884. The van der Waals surface area contributed by atoms with Crippen LogP contribution in [0.2, 0.25) is 0 Å². The number of amides is 1. The zero-order valence-corrected chi connectivity index (χ0v) is 36.7. The summed E-state index contributed by atoms with van der Waals surface area (Å²) in [6.45, 7) is 3.94. The highest BCUT2D eigenvalue weighted by molar-refractivity contribution is 7.99. The van der Waals surface area contributed by atoms with E-state index in [0.29, 0.717) is 18.6 Å². The van der Waals surface area contributed by atoms with E-state index in [-0.39, 0.29) is 30.1 Å². The third-order valence-corrected chi connectivity index (χ3v) is 11.9. The molecule has 2 heterocycles. The second kappa shape index (κ2) is 33.4. The average Bonchev–Trinajstić information content (AvgIpc) is 3.79. The summed E-state index contributed by atoms with van der Waals surface area (Å²) >= 11 is 1.31. The molecule has 2 rings (SSSR count). The minimum Gasteiger partial charge on any atom is -0.462 e. The van der Waals surface area contributed by atoms with Crippen molar-refractivity contribution in [2.75, 3.05) is 30.0 Å². The summed E-state index contributed by atoms with van der Waals surface area (Å²) in [6.07, 6.45) is 25.5. The number of esters is 2. The van der Waals surface area contributed by atoms with E-state index in [1.165, 1.54) is 134 Å². The van der Waals surface area contributed by atoms with Crippen LogP contribution in [0.1, 0.15) is 187 Å². The van der Waals surface area contributed by atoms with Gasteiger partial charge in [0.2, 0.25) is 5.91 Å². The molecule has 1 amide bonds. The molecule has 0 saturated carbocycles. The van der Waals surface area contributed by atoms with Gasteiger partial charge in [-0.1, -0.05) is 160 Å². The SMILES string of the molecule is CCCCCCCCCCCCCCC(=O)OC[C@H](CSC[C@@H](N)C(=O)Nc1cn([C@H]2OC(CO)[C@@H](O)[C@H]2O)nn1)OC(=O)CCCCCCCCCCCCCC. The number of hydrogen-bond donors (Lipinski definition) is 5. The molecule has 1 saturated heterocycles. The molecule has 1 aliphatic rings. The lowest BCUT2D eigenvalue weighted by molar-refractivity contribution is -0.157. The fourth-order valence-electron chi connectivity index (χ4n) is 7.02. The van der Waals surface area contributed by atoms with Gasteiger partial charge in [-0.05, 0) is 12.8 Å². The number of nitrogens with two attached hydrogens (primary N) is 1. The molecule has 0 spiro atoms. The summed E-state index contributed by atoms with van der Waals surface area (Å²) in [5, 5.41) is 39.9. The number of ether oxygens (including phenoxy) is 3. The first kappa shape index (κ1) is 51.8. The van der Waals surface area contributed by atoms with E-state index in [1.54, 1.807) is 0 Å². The van der Waals surface area contributed by atoms with Crippen LogP contribution >= 0.6 is 11.8 Å². The van der Waals surface area contributed by atoms with Gasteiger partial charge in [-0.3, -0.25) is 14.4 Å². The maximum Gasteiger partial charge on any atom is 0.306 e. The van der Waals surface area contributed by atoms with Crippen LogP contribution in [0.25, 0.3) is 0 Å². The number of carbonyl (C=O) groups is 3. The second-order valence-corrected chi connectivity index (χ2v) is 17.1. The second-order valence-electron chi connectivity index (χ2n) is 16.0. The van der Waals surface area contributed by atoms with Crippen LogP contribution in [0.15, 0.2) is 6.20 Å². The molecule has 0 aromatic carbocycles. The van der Waals surface area contributed by atoms with Gasteiger partial charge < -0.3 is 40.6 Å². The predicted octanol–water partition coefficient (Wildman–Crippen LogP) is 7.53. The molecule has 336 valence electrons. The van der Waals surface area contributed by atoms with Gasteiger partial charge in [-0.25, -0.2) is 4.68 Å². The molecule has 14 nitrogen and oxygen atoms in total. The number of carbonyl (C=O) groups excluding carboxylic acids is 3. The number of rotatable bonds is 37. The van der Waals surface area contributed by atoms with Crippen LogP contribution in [0, 0.1) is 0 Å². The Labute approximate surface area is 352 Å². The summed E-state index contributed by atoms with van der Waals surface area (Å²) < 4.78 is 17.9. The van der Waals surface area contributed by atoms with Crippen molar-refractivity contribution in [3.8, 4) is 0 Å². The van der Waals surface area contributed by atoms with Crippen LogP contribution in [0.3, 0.4) is 0 Å². The Morgan fingerprint density at radius 3 is 1.72 bits per heavy atom. The lowest BCUT2D eigenvalue weighted by atomic mass is 10.0. The minimum atomic E-state index is -1.35. The number of unbranched alkanes of at least 4 members (excludes halogenated alkanes) is 22. The van der Waals surface area contributed by atoms with Crippen LogP contribution in [-0.4, -0.2) is 103 Å². The zero-order chi connectivity index (χ0) is 42.2. The largest absolute Gasteiger partial charge is 0.462 e. The fourth-order valence-corrected chi connectivity index (χ4v) is 7.99. The van der Waals surface area contributed by atoms with Gasteiger partial charge in [0.1, 0.15) is 31.0 Å². The average molecular weight is 842 g/mol. The highest BCUT2D eigenvalue weighted by atomic mass is 32.2. The number of nitrogens with zero attached hydrogens (tertiary/aromatic N) is 3. The summed E-state index contributed by atoms with van der Waals surface area (Å²) in [6, 6.07) is -0.949. The number of aliphatic hydroxyl groups excluding tert-OH is 3. The highest BCUT2D eigenvalue weighted by Crippen LogP contribution is 2.29. The van der Waals surface area contributed by atoms with Gasteiger partial charge in [0.15, 0.2) is 12.0 Å². The molecular weight excluding hydrogens is 763 g/mol. The highest BCUT2D eigenvalue weighted by Gasteiger charge is 2.44. The van der Waals surface area contributed by atoms with E-state index < -0.39 is 49.2 Å². The molecule has 6 N–H and O–H groups in total. The summed E-state index contributed by atoms with van der Waals surface area (Å²) in [5.41, 5.74) is 6.17. The number of hydrogen-bond acceptors (Lipinski definition) is 13. The van der Waals surface area contributed by atoms with Gasteiger partial charge in [0.05, 0.1) is 18.8 Å². The Balaban J connectivity index is 1.73. The van der Waals surface area contributed by atoms with Crippen LogP contribution in [0.5, 0.6) is 0 Å². The van der Waals surface area contributed by atoms with Gasteiger partial charge in [0.25, 0.3) is 0 Å².